The highest BCUT2D eigenvalue weighted by molar-refractivity contribution is 5.93. The molecule has 0 saturated carbocycles. The summed E-state index contributed by atoms with van der Waals surface area (Å²) in [6.45, 7) is 5.18. The maximum Gasteiger partial charge on any atom is 0.332 e. The zero-order chi connectivity index (χ0) is 22.2. The molecule has 4 aromatic heterocycles. The minimum Gasteiger partial charge on any atom is -0.495 e. The van der Waals surface area contributed by atoms with Crippen LogP contribution in [0.4, 0.5) is 0 Å². The molecular formula is C23H22N6O3. The zero-order valence-corrected chi connectivity index (χ0v) is 18.0. The Morgan fingerprint density at radius 3 is 2.75 bits per heavy atom. The molecule has 1 aromatic carbocycles. The summed E-state index contributed by atoms with van der Waals surface area (Å²) in [7, 11) is 1.63. The third-order valence-electron chi connectivity index (χ3n) is 5.37. The largest absolute Gasteiger partial charge is 0.495 e. The second-order valence-electron chi connectivity index (χ2n) is 7.20. The van der Waals surface area contributed by atoms with Gasteiger partial charge >= 0.3 is 5.69 Å². The van der Waals surface area contributed by atoms with Crippen molar-refractivity contribution in [2.45, 2.75) is 20.4 Å². The van der Waals surface area contributed by atoms with Gasteiger partial charge in [-0.25, -0.2) is 9.78 Å². The molecule has 0 saturated heterocycles. The molecule has 1 N–H and O–H groups in total. The van der Waals surface area contributed by atoms with Crippen LogP contribution in [0.5, 0.6) is 11.5 Å². The Morgan fingerprint density at radius 2 is 2.00 bits per heavy atom. The van der Waals surface area contributed by atoms with Crippen LogP contribution in [0, 0.1) is 0 Å². The van der Waals surface area contributed by atoms with E-state index in [9.17, 15) is 4.79 Å². The first kappa shape index (κ1) is 19.8. The van der Waals surface area contributed by atoms with Gasteiger partial charge in [-0.2, -0.15) is 5.10 Å². The van der Waals surface area contributed by atoms with Gasteiger partial charge in [0.1, 0.15) is 17.0 Å². The molecule has 5 rings (SSSR count). The van der Waals surface area contributed by atoms with Gasteiger partial charge < -0.3 is 9.47 Å². The van der Waals surface area contributed by atoms with Gasteiger partial charge in [-0.1, -0.05) is 0 Å². The SMILES string of the molecule is CCOc1ccnc2[nH]c(=O)n(-c3ccc4ncc(-c5cnn(CC)c5)c(OC)c4c3)c12. The summed E-state index contributed by atoms with van der Waals surface area (Å²) in [5, 5.41) is 5.15. The molecule has 162 valence electrons. The number of methoxy groups -OCH3 is 1. The van der Waals surface area contributed by atoms with Gasteiger partial charge in [0.05, 0.1) is 31.1 Å². The molecule has 0 atom stereocenters. The molecule has 0 unspecified atom stereocenters. The predicted molar refractivity (Wildman–Crippen MR) is 122 cm³/mol. The Kier molecular flexibility index (Phi) is 4.85. The van der Waals surface area contributed by atoms with Crippen molar-refractivity contribution < 1.29 is 9.47 Å². The lowest BCUT2D eigenvalue weighted by molar-refractivity contribution is 0.343. The van der Waals surface area contributed by atoms with Gasteiger partial charge in [-0.15, -0.1) is 0 Å². The highest BCUT2D eigenvalue weighted by Crippen LogP contribution is 2.36. The van der Waals surface area contributed by atoms with Crippen molar-refractivity contribution in [2.24, 2.45) is 0 Å². The number of hydrogen-bond acceptors (Lipinski definition) is 6. The zero-order valence-electron chi connectivity index (χ0n) is 18.0. The van der Waals surface area contributed by atoms with Crippen molar-refractivity contribution in [1.82, 2.24) is 29.3 Å². The molecule has 0 bridgehead atoms. The van der Waals surface area contributed by atoms with Crippen molar-refractivity contribution >= 4 is 22.1 Å². The van der Waals surface area contributed by atoms with Crippen LogP contribution in [0.15, 0.2) is 53.8 Å². The van der Waals surface area contributed by atoms with Crippen molar-refractivity contribution in [2.75, 3.05) is 13.7 Å². The molecule has 0 radical (unpaired) electrons. The number of imidazole rings is 1. The average molecular weight is 430 g/mol. The topological polar surface area (TPSA) is 99.9 Å². The Hall–Kier alpha value is -4.14. The fourth-order valence-corrected chi connectivity index (χ4v) is 3.92. The van der Waals surface area contributed by atoms with E-state index in [0.29, 0.717) is 35.0 Å². The molecule has 0 fully saturated rings. The van der Waals surface area contributed by atoms with Crippen LogP contribution in [0.3, 0.4) is 0 Å². The number of nitrogens with zero attached hydrogens (tertiary/aromatic N) is 5. The molecular weight excluding hydrogens is 408 g/mol. The number of hydrogen-bond donors (Lipinski definition) is 1. The summed E-state index contributed by atoms with van der Waals surface area (Å²) in [6, 6.07) is 7.37. The molecule has 0 aliphatic carbocycles. The number of rotatable bonds is 6. The minimum atomic E-state index is -0.300. The van der Waals surface area contributed by atoms with E-state index >= 15 is 0 Å². The molecule has 4 heterocycles. The van der Waals surface area contributed by atoms with E-state index in [1.807, 2.05) is 42.9 Å². The summed E-state index contributed by atoms with van der Waals surface area (Å²) in [4.78, 5) is 24.6. The summed E-state index contributed by atoms with van der Waals surface area (Å²) >= 11 is 0. The van der Waals surface area contributed by atoms with Crippen LogP contribution in [-0.4, -0.2) is 43.0 Å². The third-order valence-corrected chi connectivity index (χ3v) is 5.37. The van der Waals surface area contributed by atoms with Crippen molar-refractivity contribution in [3.8, 4) is 28.3 Å². The lowest BCUT2D eigenvalue weighted by Crippen LogP contribution is -2.15. The second kappa shape index (κ2) is 7.84. The number of aromatic amines is 1. The van der Waals surface area contributed by atoms with Gasteiger partial charge in [0, 0.05) is 47.7 Å². The number of H-pyrrole nitrogens is 1. The highest BCUT2D eigenvalue weighted by atomic mass is 16.5. The number of fused-ring (bicyclic) bond motifs is 2. The molecule has 9 nitrogen and oxygen atoms in total. The summed E-state index contributed by atoms with van der Waals surface area (Å²) in [5.74, 6) is 1.25. The van der Waals surface area contributed by atoms with Crippen LogP contribution < -0.4 is 15.2 Å². The average Bonchev–Trinajstić information content (AvgIpc) is 3.42. The monoisotopic (exact) mass is 430 g/mol. The molecule has 9 heteroatoms. The number of ether oxygens (including phenoxy) is 2. The van der Waals surface area contributed by atoms with Crippen LogP contribution in [0.1, 0.15) is 13.8 Å². The van der Waals surface area contributed by atoms with Crippen LogP contribution in [0.25, 0.3) is 38.9 Å². The summed E-state index contributed by atoms with van der Waals surface area (Å²) < 4.78 is 15.0. The molecule has 5 aromatic rings. The van der Waals surface area contributed by atoms with E-state index in [0.717, 1.165) is 28.6 Å². The van der Waals surface area contributed by atoms with Gasteiger partial charge in [-0.05, 0) is 32.0 Å². The van der Waals surface area contributed by atoms with Crippen LogP contribution in [0.2, 0.25) is 0 Å². The predicted octanol–water partition coefficient (Wildman–Crippen LogP) is 3.55. The summed E-state index contributed by atoms with van der Waals surface area (Å²) in [5.41, 5.74) is 3.91. The Balaban J connectivity index is 1.75. The van der Waals surface area contributed by atoms with Crippen LogP contribution in [-0.2, 0) is 6.54 Å². The van der Waals surface area contributed by atoms with Gasteiger partial charge in [0.15, 0.2) is 5.65 Å². The molecule has 0 amide bonds. The Labute approximate surface area is 183 Å². The minimum absolute atomic E-state index is 0.300. The lowest BCUT2D eigenvalue weighted by Gasteiger charge is -2.12. The normalized spacial score (nSPS) is 11.3. The first-order valence-corrected chi connectivity index (χ1v) is 10.4. The fraction of sp³-hybridized carbons (Fsp3) is 0.217. The fourth-order valence-electron chi connectivity index (χ4n) is 3.92. The Morgan fingerprint density at radius 1 is 1.12 bits per heavy atom. The third kappa shape index (κ3) is 3.09. The van der Waals surface area contributed by atoms with Crippen molar-refractivity contribution in [3.05, 3.63) is 59.5 Å². The standard InChI is InChI=1S/C23H22N6O3/c1-4-28-13-14(11-26-28)17-12-25-18-7-6-15(10-16(18)21(17)31-3)29-20-19(32-5-2)8-9-24-22(20)27-23(29)30/h6-13H,4-5H2,1-3H3,(H,24,27,30). The summed E-state index contributed by atoms with van der Waals surface area (Å²) in [6.07, 6.45) is 7.15. The highest BCUT2D eigenvalue weighted by Gasteiger charge is 2.18. The number of aromatic nitrogens is 6. The van der Waals surface area contributed by atoms with Gasteiger partial charge in [0.25, 0.3) is 0 Å². The van der Waals surface area contributed by atoms with E-state index in [-0.39, 0.29) is 5.69 Å². The van der Waals surface area contributed by atoms with Crippen LogP contribution >= 0.6 is 0 Å². The maximum absolute atomic E-state index is 12.9. The van der Waals surface area contributed by atoms with E-state index in [1.165, 1.54) is 0 Å². The van der Waals surface area contributed by atoms with Crippen molar-refractivity contribution in [3.63, 3.8) is 0 Å². The number of benzene rings is 1. The smallest absolute Gasteiger partial charge is 0.332 e. The number of pyridine rings is 2. The molecule has 0 spiro atoms. The lowest BCUT2D eigenvalue weighted by atomic mass is 10.1. The van der Waals surface area contributed by atoms with E-state index in [4.69, 9.17) is 9.47 Å². The Bertz CT molecular complexity index is 1500. The molecule has 0 aliphatic heterocycles. The molecule has 32 heavy (non-hydrogen) atoms. The van der Waals surface area contributed by atoms with E-state index in [1.54, 1.807) is 36.3 Å². The van der Waals surface area contributed by atoms with E-state index in [2.05, 4.69) is 20.1 Å². The second-order valence-corrected chi connectivity index (χ2v) is 7.20. The van der Waals surface area contributed by atoms with Crippen molar-refractivity contribution in [1.29, 1.82) is 0 Å². The first-order chi connectivity index (χ1) is 15.6. The quantitative estimate of drug-likeness (QED) is 0.442. The number of aryl methyl sites for hydroxylation is 1. The van der Waals surface area contributed by atoms with Gasteiger partial charge in [0.2, 0.25) is 0 Å². The maximum atomic E-state index is 12.9. The molecule has 0 aliphatic rings. The first-order valence-electron chi connectivity index (χ1n) is 10.4. The van der Waals surface area contributed by atoms with Gasteiger partial charge in [-0.3, -0.25) is 19.2 Å². The van der Waals surface area contributed by atoms with E-state index < -0.39 is 0 Å². The number of nitrogens with one attached hydrogen (secondary N) is 1.